The zero-order valence-electron chi connectivity index (χ0n) is 11.3. The first-order valence-corrected chi connectivity index (χ1v) is 8.32. The summed E-state index contributed by atoms with van der Waals surface area (Å²) >= 11 is 5.68. The van der Waals surface area contributed by atoms with E-state index in [9.17, 15) is 12.8 Å². The van der Waals surface area contributed by atoms with Gasteiger partial charge >= 0.3 is 0 Å². The molecule has 0 aliphatic carbocycles. The van der Waals surface area contributed by atoms with Crippen molar-refractivity contribution < 1.29 is 17.5 Å². The van der Waals surface area contributed by atoms with Crippen molar-refractivity contribution in [3.8, 4) is 0 Å². The van der Waals surface area contributed by atoms with Crippen molar-refractivity contribution >= 4 is 21.6 Å². The Morgan fingerprint density at radius 3 is 2.50 bits per heavy atom. The van der Waals surface area contributed by atoms with Gasteiger partial charge in [-0.15, -0.1) is 11.6 Å². The summed E-state index contributed by atoms with van der Waals surface area (Å²) in [5.41, 5.74) is 0.570. The maximum Gasteiger partial charge on any atom is 0.246 e. The summed E-state index contributed by atoms with van der Waals surface area (Å²) in [5.74, 6) is -0.621. The van der Waals surface area contributed by atoms with Gasteiger partial charge in [-0.05, 0) is 31.5 Å². The maximum atomic E-state index is 13.9. The number of benzene rings is 1. The number of rotatable bonds is 3. The average Bonchev–Trinajstić information content (AvgIpc) is 2.38. The lowest BCUT2D eigenvalue weighted by atomic mass is 10.2. The second kappa shape index (κ2) is 5.97. The van der Waals surface area contributed by atoms with Crippen molar-refractivity contribution in [1.82, 2.24) is 4.31 Å². The van der Waals surface area contributed by atoms with Gasteiger partial charge in [0.2, 0.25) is 10.0 Å². The third-order valence-corrected chi connectivity index (χ3v) is 5.31. The van der Waals surface area contributed by atoms with Gasteiger partial charge in [-0.25, -0.2) is 12.8 Å². The number of morpholine rings is 1. The Kier molecular flexibility index (Phi) is 4.69. The number of nitrogens with zero attached hydrogens (tertiary/aromatic N) is 1. The Labute approximate surface area is 123 Å². The molecule has 0 bridgehead atoms. The van der Waals surface area contributed by atoms with Gasteiger partial charge in [0.25, 0.3) is 0 Å². The molecule has 1 aliphatic rings. The molecule has 1 saturated heterocycles. The van der Waals surface area contributed by atoms with Crippen LogP contribution >= 0.6 is 11.6 Å². The van der Waals surface area contributed by atoms with Gasteiger partial charge in [-0.1, -0.05) is 6.07 Å². The van der Waals surface area contributed by atoms with E-state index >= 15 is 0 Å². The highest BCUT2D eigenvalue weighted by molar-refractivity contribution is 7.89. The standard InChI is InChI=1S/C13H17ClFNO3S/c1-9-7-16(8-10(2)19-9)20(17,18)13-5-11(6-14)3-4-12(13)15/h3-5,9-10H,6-8H2,1-2H3. The summed E-state index contributed by atoms with van der Waals surface area (Å²) in [5, 5.41) is 0. The molecular weight excluding hydrogens is 305 g/mol. The number of halogens is 2. The molecule has 20 heavy (non-hydrogen) atoms. The highest BCUT2D eigenvalue weighted by Gasteiger charge is 2.33. The van der Waals surface area contributed by atoms with Crippen LogP contribution in [0.4, 0.5) is 4.39 Å². The molecule has 1 aromatic carbocycles. The zero-order valence-corrected chi connectivity index (χ0v) is 12.9. The van der Waals surface area contributed by atoms with E-state index < -0.39 is 15.8 Å². The first kappa shape index (κ1) is 15.7. The second-order valence-electron chi connectivity index (χ2n) is 4.98. The monoisotopic (exact) mass is 321 g/mol. The quantitative estimate of drug-likeness (QED) is 0.803. The molecule has 1 heterocycles. The average molecular weight is 322 g/mol. The van der Waals surface area contributed by atoms with E-state index in [1.165, 1.54) is 16.4 Å². The highest BCUT2D eigenvalue weighted by Crippen LogP contribution is 2.24. The van der Waals surface area contributed by atoms with Crippen molar-refractivity contribution in [3.63, 3.8) is 0 Å². The molecule has 7 heteroatoms. The molecule has 1 aromatic rings. The van der Waals surface area contributed by atoms with Crippen LogP contribution < -0.4 is 0 Å². The minimum atomic E-state index is -3.87. The predicted octanol–water partition coefficient (Wildman–Crippen LogP) is 2.36. The first-order chi connectivity index (χ1) is 9.34. The SMILES string of the molecule is CC1CN(S(=O)(=O)c2cc(CCl)ccc2F)CC(C)O1. The third-order valence-electron chi connectivity index (χ3n) is 3.15. The van der Waals surface area contributed by atoms with Crippen molar-refractivity contribution in [2.75, 3.05) is 13.1 Å². The number of hydrogen-bond acceptors (Lipinski definition) is 3. The molecule has 0 radical (unpaired) electrons. The van der Waals surface area contributed by atoms with Crippen LogP contribution in [0, 0.1) is 5.82 Å². The summed E-state index contributed by atoms with van der Waals surface area (Å²) in [6.07, 6.45) is -0.430. The fourth-order valence-corrected chi connectivity index (χ4v) is 4.17. The first-order valence-electron chi connectivity index (χ1n) is 6.34. The molecule has 0 spiro atoms. The van der Waals surface area contributed by atoms with Crippen LogP contribution in [0.5, 0.6) is 0 Å². The Morgan fingerprint density at radius 1 is 1.35 bits per heavy atom. The Hall–Kier alpha value is -0.690. The fourth-order valence-electron chi connectivity index (χ4n) is 2.29. The fraction of sp³-hybridized carbons (Fsp3) is 0.538. The van der Waals surface area contributed by atoms with Crippen LogP contribution in [0.1, 0.15) is 19.4 Å². The minimum absolute atomic E-state index is 0.138. The lowest BCUT2D eigenvalue weighted by Crippen LogP contribution is -2.48. The molecule has 0 amide bonds. The number of ether oxygens (including phenoxy) is 1. The highest BCUT2D eigenvalue weighted by atomic mass is 35.5. The summed E-state index contributed by atoms with van der Waals surface area (Å²) in [7, 11) is -3.87. The molecular formula is C13H17ClFNO3S. The smallest absolute Gasteiger partial charge is 0.246 e. The van der Waals surface area contributed by atoms with Gasteiger partial charge in [0, 0.05) is 19.0 Å². The maximum absolute atomic E-state index is 13.9. The zero-order chi connectivity index (χ0) is 14.9. The van der Waals surface area contributed by atoms with Crippen molar-refractivity contribution in [2.45, 2.75) is 36.8 Å². The van der Waals surface area contributed by atoms with Crippen LogP contribution in [0.2, 0.25) is 0 Å². The van der Waals surface area contributed by atoms with Gasteiger partial charge in [-0.2, -0.15) is 4.31 Å². The number of sulfonamides is 1. The molecule has 2 rings (SSSR count). The molecule has 2 atom stereocenters. The van der Waals surface area contributed by atoms with E-state index in [-0.39, 0.29) is 36.1 Å². The molecule has 4 nitrogen and oxygen atoms in total. The van der Waals surface area contributed by atoms with Gasteiger partial charge < -0.3 is 4.74 Å². The van der Waals surface area contributed by atoms with E-state index in [1.807, 2.05) is 0 Å². The Balaban J connectivity index is 2.39. The molecule has 1 fully saturated rings. The normalized spacial score (nSPS) is 24.8. The lowest BCUT2D eigenvalue weighted by molar-refractivity contribution is -0.0441. The number of hydrogen-bond donors (Lipinski definition) is 0. The minimum Gasteiger partial charge on any atom is -0.373 e. The Bertz CT molecular complexity index is 583. The van der Waals surface area contributed by atoms with Crippen LogP contribution in [-0.4, -0.2) is 38.0 Å². The van der Waals surface area contributed by atoms with Gasteiger partial charge in [0.1, 0.15) is 10.7 Å². The van der Waals surface area contributed by atoms with Gasteiger partial charge in [-0.3, -0.25) is 0 Å². The van der Waals surface area contributed by atoms with Crippen molar-refractivity contribution in [1.29, 1.82) is 0 Å². The van der Waals surface area contributed by atoms with E-state index in [1.54, 1.807) is 13.8 Å². The molecule has 0 aromatic heterocycles. The van der Waals surface area contributed by atoms with Gasteiger partial charge in [0.05, 0.1) is 12.2 Å². The summed E-state index contributed by atoms with van der Waals surface area (Å²) in [4.78, 5) is -0.322. The summed E-state index contributed by atoms with van der Waals surface area (Å²) in [6.45, 7) is 4.03. The number of alkyl halides is 1. The topological polar surface area (TPSA) is 46.6 Å². The predicted molar refractivity (Wildman–Crippen MR) is 74.7 cm³/mol. The molecule has 1 aliphatic heterocycles. The largest absolute Gasteiger partial charge is 0.373 e. The van der Waals surface area contributed by atoms with Crippen LogP contribution in [-0.2, 0) is 20.6 Å². The summed E-state index contributed by atoms with van der Waals surface area (Å²) < 4.78 is 45.7. The Morgan fingerprint density at radius 2 is 1.95 bits per heavy atom. The van der Waals surface area contributed by atoms with E-state index in [0.29, 0.717) is 5.56 Å². The molecule has 0 saturated carbocycles. The van der Waals surface area contributed by atoms with E-state index in [0.717, 1.165) is 6.07 Å². The van der Waals surface area contributed by atoms with Crippen LogP contribution in [0.15, 0.2) is 23.1 Å². The van der Waals surface area contributed by atoms with Crippen molar-refractivity contribution in [3.05, 3.63) is 29.6 Å². The van der Waals surface area contributed by atoms with Crippen molar-refractivity contribution in [2.24, 2.45) is 0 Å². The summed E-state index contributed by atoms with van der Waals surface area (Å²) in [6, 6.07) is 3.91. The van der Waals surface area contributed by atoms with Crippen LogP contribution in [0.25, 0.3) is 0 Å². The molecule has 2 unspecified atom stereocenters. The van der Waals surface area contributed by atoms with E-state index in [2.05, 4.69) is 0 Å². The molecule has 0 N–H and O–H groups in total. The third kappa shape index (κ3) is 3.14. The van der Waals surface area contributed by atoms with Crippen LogP contribution in [0.3, 0.4) is 0 Å². The lowest BCUT2D eigenvalue weighted by Gasteiger charge is -2.34. The van der Waals surface area contributed by atoms with Gasteiger partial charge in [0.15, 0.2) is 0 Å². The van der Waals surface area contributed by atoms with E-state index in [4.69, 9.17) is 16.3 Å². The molecule has 112 valence electrons. The second-order valence-corrected chi connectivity index (χ2v) is 7.15.